The van der Waals surface area contributed by atoms with E-state index in [1.807, 2.05) is 0 Å². The minimum Gasteiger partial charge on any atom is -0.508 e. The molecule has 0 aliphatic heterocycles. The maximum Gasteiger partial charge on any atom is 0.362 e. The molecule has 0 atom stereocenters. The van der Waals surface area contributed by atoms with Crippen LogP contribution in [0.4, 0.5) is 11.4 Å². The lowest BCUT2D eigenvalue weighted by molar-refractivity contribution is -0.385. The van der Waals surface area contributed by atoms with Gasteiger partial charge in [-0.15, -0.1) is 21.8 Å². The zero-order valence-electron chi connectivity index (χ0n) is 11.9. The summed E-state index contributed by atoms with van der Waals surface area (Å²) >= 11 is 5.46. The van der Waals surface area contributed by atoms with E-state index in [1.54, 1.807) is 6.92 Å². The number of nitro benzene ring substituents is 1. The molecule has 1 aromatic carbocycles. The number of azo groups is 1. The minimum absolute atomic E-state index is 0.0866. The van der Waals surface area contributed by atoms with Crippen LogP contribution in [-0.2, 0) is 9.53 Å². The number of aliphatic hydroxyl groups is 1. The predicted octanol–water partition coefficient (Wildman–Crippen LogP) is 3.56. The third-order valence-corrected chi connectivity index (χ3v) is 2.85. The van der Waals surface area contributed by atoms with Gasteiger partial charge < -0.3 is 9.84 Å². The van der Waals surface area contributed by atoms with Crippen LogP contribution in [0, 0.1) is 17.0 Å². The molecule has 0 radical (unpaired) electrons. The van der Waals surface area contributed by atoms with Gasteiger partial charge in [0, 0.05) is 6.07 Å². The Kier molecular flexibility index (Phi) is 6.46. The number of benzene rings is 1. The van der Waals surface area contributed by atoms with Crippen LogP contribution in [0.5, 0.6) is 0 Å². The zero-order valence-corrected chi connectivity index (χ0v) is 12.7. The summed E-state index contributed by atoms with van der Waals surface area (Å²) in [6, 6.07) is 4.26. The summed E-state index contributed by atoms with van der Waals surface area (Å²) < 4.78 is 4.73. The van der Waals surface area contributed by atoms with Crippen molar-refractivity contribution in [3.05, 3.63) is 45.3 Å². The van der Waals surface area contributed by atoms with Gasteiger partial charge in [0.15, 0.2) is 0 Å². The number of rotatable bonds is 6. The molecule has 0 fully saturated rings. The number of ether oxygens (including phenoxy) is 1. The second-order valence-corrected chi connectivity index (χ2v) is 4.30. The minimum atomic E-state index is -0.882. The molecule has 1 rings (SSSR count). The van der Waals surface area contributed by atoms with E-state index in [-0.39, 0.29) is 29.4 Å². The van der Waals surface area contributed by atoms with Crippen molar-refractivity contribution in [2.24, 2.45) is 10.2 Å². The normalized spacial score (nSPS) is 12.1. The van der Waals surface area contributed by atoms with Crippen LogP contribution in [0.25, 0.3) is 0 Å². The maximum absolute atomic E-state index is 11.7. The van der Waals surface area contributed by atoms with E-state index < -0.39 is 22.3 Å². The fourth-order valence-corrected chi connectivity index (χ4v) is 1.63. The van der Waals surface area contributed by atoms with Gasteiger partial charge in [-0.2, -0.15) is 0 Å². The van der Waals surface area contributed by atoms with Crippen molar-refractivity contribution in [1.29, 1.82) is 0 Å². The van der Waals surface area contributed by atoms with Crippen molar-refractivity contribution in [3.8, 4) is 0 Å². The summed E-state index contributed by atoms with van der Waals surface area (Å²) in [5.74, 6) is -1.72. The summed E-state index contributed by atoms with van der Waals surface area (Å²) in [6.45, 7) is 3.18. The molecule has 0 saturated heterocycles. The lowest BCUT2D eigenvalue weighted by Crippen LogP contribution is -2.09. The molecule has 0 aromatic heterocycles. The molecule has 0 saturated carbocycles. The number of nitrogens with zero attached hydrogens (tertiary/aromatic N) is 3. The maximum atomic E-state index is 11.7. The molecule has 0 spiro atoms. The second kappa shape index (κ2) is 8.08. The fraction of sp³-hybridized carbons (Fsp3) is 0.308. The van der Waals surface area contributed by atoms with E-state index in [0.717, 1.165) is 0 Å². The average molecular weight is 328 g/mol. The van der Waals surface area contributed by atoms with Crippen LogP contribution < -0.4 is 0 Å². The number of hydrogen-bond acceptors (Lipinski definition) is 7. The van der Waals surface area contributed by atoms with Gasteiger partial charge in [0.2, 0.25) is 5.70 Å². The first-order valence-corrected chi connectivity index (χ1v) is 6.76. The van der Waals surface area contributed by atoms with Gasteiger partial charge in [-0.05, 0) is 19.9 Å². The van der Waals surface area contributed by atoms with Gasteiger partial charge >= 0.3 is 5.97 Å². The van der Waals surface area contributed by atoms with E-state index >= 15 is 0 Å². The van der Waals surface area contributed by atoms with Gasteiger partial charge in [0.25, 0.3) is 5.69 Å². The van der Waals surface area contributed by atoms with E-state index in [1.165, 1.54) is 25.1 Å². The topological polar surface area (TPSA) is 114 Å². The first kappa shape index (κ1) is 17.6. The molecule has 0 aliphatic carbocycles. The van der Waals surface area contributed by atoms with Gasteiger partial charge in [0.1, 0.15) is 5.76 Å². The highest BCUT2D eigenvalue weighted by Gasteiger charge is 2.17. The van der Waals surface area contributed by atoms with Crippen molar-refractivity contribution in [2.45, 2.75) is 13.8 Å². The Morgan fingerprint density at radius 3 is 2.73 bits per heavy atom. The average Bonchev–Trinajstić information content (AvgIpc) is 2.48. The monoisotopic (exact) mass is 327 g/mol. The Balaban J connectivity index is 3.20. The number of carbonyl (C=O) groups excluding carboxylic acids is 1. The standard InChI is InChI=1S/C13H14ClN3O5/c1-3-22-13(19)12(11(18)7-14)16-15-9-5-4-6-10(8(9)2)17(20)21/h4-6,18H,3,7H2,1-2H3. The Labute approximate surface area is 131 Å². The Bertz CT molecular complexity index is 643. The number of allylic oxidation sites excluding steroid dienone is 1. The van der Waals surface area contributed by atoms with Crippen LogP contribution in [0.15, 0.2) is 39.9 Å². The number of halogens is 1. The van der Waals surface area contributed by atoms with Crippen molar-refractivity contribution >= 4 is 28.9 Å². The van der Waals surface area contributed by atoms with Crippen LogP contribution >= 0.6 is 11.6 Å². The Morgan fingerprint density at radius 1 is 1.50 bits per heavy atom. The molecular weight excluding hydrogens is 314 g/mol. The van der Waals surface area contributed by atoms with Crippen LogP contribution in [0.2, 0.25) is 0 Å². The van der Waals surface area contributed by atoms with E-state index in [4.69, 9.17) is 16.3 Å². The molecular formula is C13H14ClN3O5. The van der Waals surface area contributed by atoms with Gasteiger partial charge in [-0.1, -0.05) is 6.07 Å². The highest BCUT2D eigenvalue weighted by Crippen LogP contribution is 2.28. The summed E-state index contributed by atoms with van der Waals surface area (Å²) in [5, 5.41) is 27.8. The SMILES string of the molecule is CCOC(=O)C(N=Nc1cccc([N+](=O)[O-])c1C)=C(O)CCl. The van der Waals surface area contributed by atoms with Crippen molar-refractivity contribution in [3.63, 3.8) is 0 Å². The lowest BCUT2D eigenvalue weighted by Gasteiger charge is -2.04. The molecule has 0 aliphatic rings. The smallest absolute Gasteiger partial charge is 0.362 e. The number of nitro groups is 1. The predicted molar refractivity (Wildman–Crippen MR) is 79.4 cm³/mol. The molecule has 22 heavy (non-hydrogen) atoms. The fourth-order valence-electron chi connectivity index (χ4n) is 1.50. The third-order valence-electron chi connectivity index (χ3n) is 2.60. The summed E-state index contributed by atoms with van der Waals surface area (Å²) in [4.78, 5) is 22.0. The summed E-state index contributed by atoms with van der Waals surface area (Å²) in [6.07, 6.45) is 0. The third kappa shape index (κ3) is 4.26. The van der Waals surface area contributed by atoms with Crippen molar-refractivity contribution in [2.75, 3.05) is 12.5 Å². The molecule has 1 aromatic rings. The zero-order chi connectivity index (χ0) is 16.7. The lowest BCUT2D eigenvalue weighted by atomic mass is 10.1. The summed E-state index contributed by atoms with van der Waals surface area (Å²) in [7, 11) is 0. The van der Waals surface area contributed by atoms with Gasteiger partial charge in [-0.3, -0.25) is 10.1 Å². The largest absolute Gasteiger partial charge is 0.508 e. The van der Waals surface area contributed by atoms with Crippen molar-refractivity contribution in [1.82, 2.24) is 0 Å². The van der Waals surface area contributed by atoms with Crippen LogP contribution in [-0.4, -0.2) is 28.5 Å². The number of alkyl halides is 1. The number of esters is 1. The van der Waals surface area contributed by atoms with Crippen LogP contribution in [0.1, 0.15) is 12.5 Å². The first-order chi connectivity index (χ1) is 10.4. The van der Waals surface area contributed by atoms with Crippen molar-refractivity contribution < 1.29 is 19.6 Å². The Hall–Kier alpha value is -2.48. The number of carbonyl (C=O) groups is 1. The molecule has 0 unspecified atom stereocenters. The van der Waals surface area contributed by atoms with E-state index in [2.05, 4.69) is 10.2 Å². The Morgan fingerprint density at radius 2 is 2.18 bits per heavy atom. The second-order valence-electron chi connectivity index (χ2n) is 4.03. The number of aliphatic hydroxyl groups excluding tert-OH is 1. The van der Waals surface area contributed by atoms with E-state index in [9.17, 15) is 20.0 Å². The van der Waals surface area contributed by atoms with Crippen LogP contribution in [0.3, 0.4) is 0 Å². The molecule has 1 N–H and O–H groups in total. The van der Waals surface area contributed by atoms with Gasteiger partial charge in [-0.25, -0.2) is 4.79 Å². The first-order valence-electron chi connectivity index (χ1n) is 6.23. The van der Waals surface area contributed by atoms with Gasteiger partial charge in [0.05, 0.1) is 28.7 Å². The molecule has 0 amide bonds. The number of hydrogen-bond donors (Lipinski definition) is 1. The summed E-state index contributed by atoms with van der Waals surface area (Å²) in [5.41, 5.74) is -0.0920. The highest BCUT2D eigenvalue weighted by molar-refractivity contribution is 6.19. The molecule has 8 nitrogen and oxygen atoms in total. The molecule has 9 heteroatoms. The highest BCUT2D eigenvalue weighted by atomic mass is 35.5. The molecule has 0 heterocycles. The molecule has 0 bridgehead atoms. The van der Waals surface area contributed by atoms with E-state index in [0.29, 0.717) is 0 Å². The quantitative estimate of drug-likeness (QED) is 0.163. The molecule has 118 valence electrons.